The molecular formula is C12H20N2. The predicted octanol–water partition coefficient (Wildman–Crippen LogP) is 1.74. The summed E-state index contributed by atoms with van der Waals surface area (Å²) < 4.78 is 0. The molecule has 0 aliphatic carbocycles. The molecule has 3 N–H and O–H groups in total. The van der Waals surface area contributed by atoms with Crippen molar-refractivity contribution < 1.29 is 0 Å². The molecule has 0 atom stereocenters. The van der Waals surface area contributed by atoms with Crippen molar-refractivity contribution in [2.75, 3.05) is 13.1 Å². The zero-order valence-corrected chi connectivity index (χ0v) is 9.14. The van der Waals surface area contributed by atoms with E-state index in [2.05, 4.69) is 37.4 Å². The van der Waals surface area contributed by atoms with Crippen molar-refractivity contribution in [3.05, 3.63) is 34.9 Å². The van der Waals surface area contributed by atoms with Crippen molar-refractivity contribution in [1.29, 1.82) is 0 Å². The zero-order valence-electron chi connectivity index (χ0n) is 9.14. The summed E-state index contributed by atoms with van der Waals surface area (Å²) in [7, 11) is 0. The van der Waals surface area contributed by atoms with Crippen LogP contribution in [0.5, 0.6) is 0 Å². The second-order valence-corrected chi connectivity index (χ2v) is 3.74. The number of nitrogens with two attached hydrogens (primary N) is 1. The summed E-state index contributed by atoms with van der Waals surface area (Å²) >= 11 is 0. The zero-order chi connectivity index (χ0) is 10.4. The van der Waals surface area contributed by atoms with Crippen LogP contribution in [0.4, 0.5) is 0 Å². The lowest BCUT2D eigenvalue weighted by molar-refractivity contribution is 0.655. The summed E-state index contributed by atoms with van der Waals surface area (Å²) in [6.45, 7) is 7.00. The molecule has 0 saturated heterocycles. The Morgan fingerprint density at radius 2 is 2.00 bits per heavy atom. The molecule has 0 bridgehead atoms. The maximum absolute atomic E-state index is 5.41. The van der Waals surface area contributed by atoms with Crippen LogP contribution in [-0.2, 0) is 6.54 Å². The Morgan fingerprint density at radius 3 is 2.64 bits per heavy atom. The average Bonchev–Trinajstić information content (AvgIpc) is 2.18. The first-order valence-electron chi connectivity index (χ1n) is 5.21. The highest BCUT2D eigenvalue weighted by molar-refractivity contribution is 5.29. The van der Waals surface area contributed by atoms with Gasteiger partial charge in [-0.05, 0) is 50.0 Å². The lowest BCUT2D eigenvalue weighted by atomic mass is 10.1. The lowest BCUT2D eigenvalue weighted by Crippen LogP contribution is -2.17. The van der Waals surface area contributed by atoms with E-state index in [9.17, 15) is 0 Å². The van der Waals surface area contributed by atoms with Crippen LogP contribution < -0.4 is 11.1 Å². The van der Waals surface area contributed by atoms with Crippen molar-refractivity contribution in [2.45, 2.75) is 26.8 Å². The van der Waals surface area contributed by atoms with Crippen LogP contribution in [0.1, 0.15) is 23.1 Å². The third-order valence-electron chi connectivity index (χ3n) is 2.46. The van der Waals surface area contributed by atoms with Gasteiger partial charge in [-0.3, -0.25) is 0 Å². The Bertz CT molecular complexity index is 282. The van der Waals surface area contributed by atoms with Gasteiger partial charge in [0.15, 0.2) is 0 Å². The van der Waals surface area contributed by atoms with Crippen LogP contribution in [0.3, 0.4) is 0 Å². The number of rotatable bonds is 5. The standard InChI is InChI=1S/C12H20N2/c1-10-4-5-12(8-11(10)2)9-14-7-3-6-13/h4-5,8,14H,3,6-7,9,13H2,1-2H3. The molecule has 0 amide bonds. The van der Waals surface area contributed by atoms with Gasteiger partial charge in [0.1, 0.15) is 0 Å². The minimum atomic E-state index is 0.764. The quantitative estimate of drug-likeness (QED) is 0.697. The summed E-state index contributed by atoms with van der Waals surface area (Å²) in [6, 6.07) is 6.60. The molecule has 0 heterocycles. The van der Waals surface area contributed by atoms with E-state index < -0.39 is 0 Å². The van der Waals surface area contributed by atoms with Gasteiger partial charge in [-0.1, -0.05) is 18.2 Å². The van der Waals surface area contributed by atoms with Crippen LogP contribution in [0.15, 0.2) is 18.2 Å². The Hall–Kier alpha value is -0.860. The molecule has 2 heteroatoms. The number of hydrogen-bond acceptors (Lipinski definition) is 2. The second-order valence-electron chi connectivity index (χ2n) is 3.74. The van der Waals surface area contributed by atoms with Gasteiger partial charge in [0.05, 0.1) is 0 Å². The van der Waals surface area contributed by atoms with E-state index in [1.165, 1.54) is 16.7 Å². The highest BCUT2D eigenvalue weighted by Crippen LogP contribution is 2.09. The predicted molar refractivity (Wildman–Crippen MR) is 61.3 cm³/mol. The number of aryl methyl sites for hydroxylation is 2. The molecule has 0 fully saturated rings. The van der Waals surface area contributed by atoms with Gasteiger partial charge >= 0.3 is 0 Å². The molecule has 2 nitrogen and oxygen atoms in total. The molecule has 0 aromatic heterocycles. The second kappa shape index (κ2) is 5.78. The third kappa shape index (κ3) is 3.48. The van der Waals surface area contributed by atoms with Gasteiger partial charge < -0.3 is 11.1 Å². The number of hydrogen-bond donors (Lipinski definition) is 2. The third-order valence-corrected chi connectivity index (χ3v) is 2.46. The van der Waals surface area contributed by atoms with E-state index in [0.29, 0.717) is 0 Å². The van der Waals surface area contributed by atoms with Gasteiger partial charge in [0.25, 0.3) is 0 Å². The summed E-state index contributed by atoms with van der Waals surface area (Å²) in [5, 5.41) is 3.37. The van der Waals surface area contributed by atoms with Crippen LogP contribution in [0, 0.1) is 13.8 Å². The van der Waals surface area contributed by atoms with Crippen molar-refractivity contribution in [3.63, 3.8) is 0 Å². The molecule has 0 spiro atoms. The van der Waals surface area contributed by atoms with Crippen molar-refractivity contribution in [3.8, 4) is 0 Å². The van der Waals surface area contributed by atoms with Crippen LogP contribution >= 0.6 is 0 Å². The molecule has 0 unspecified atom stereocenters. The Morgan fingerprint density at radius 1 is 1.21 bits per heavy atom. The van der Waals surface area contributed by atoms with E-state index >= 15 is 0 Å². The summed E-state index contributed by atoms with van der Waals surface area (Å²) in [5.74, 6) is 0. The highest BCUT2D eigenvalue weighted by Gasteiger charge is 1.95. The monoisotopic (exact) mass is 192 g/mol. The smallest absolute Gasteiger partial charge is 0.0205 e. The van der Waals surface area contributed by atoms with Gasteiger partial charge in [-0.2, -0.15) is 0 Å². The van der Waals surface area contributed by atoms with Gasteiger partial charge in [-0.25, -0.2) is 0 Å². The molecule has 0 aliphatic rings. The number of benzene rings is 1. The highest BCUT2D eigenvalue weighted by atomic mass is 14.8. The Balaban J connectivity index is 2.39. The SMILES string of the molecule is Cc1ccc(CNCCCN)cc1C. The maximum atomic E-state index is 5.41. The molecule has 78 valence electrons. The number of nitrogens with one attached hydrogen (secondary N) is 1. The minimum Gasteiger partial charge on any atom is -0.330 e. The Kier molecular flexibility index (Phi) is 4.63. The molecular weight excluding hydrogens is 172 g/mol. The molecule has 0 radical (unpaired) electrons. The molecule has 1 aromatic rings. The van der Waals surface area contributed by atoms with Crippen molar-refractivity contribution in [1.82, 2.24) is 5.32 Å². The van der Waals surface area contributed by atoms with E-state index in [-0.39, 0.29) is 0 Å². The summed E-state index contributed by atoms with van der Waals surface area (Å²) in [4.78, 5) is 0. The van der Waals surface area contributed by atoms with Crippen LogP contribution in [0.2, 0.25) is 0 Å². The topological polar surface area (TPSA) is 38.0 Å². The van der Waals surface area contributed by atoms with Gasteiger partial charge in [0, 0.05) is 6.54 Å². The fourth-order valence-corrected chi connectivity index (χ4v) is 1.37. The fraction of sp³-hybridized carbons (Fsp3) is 0.500. The van der Waals surface area contributed by atoms with E-state index in [0.717, 1.165) is 26.1 Å². The fourth-order valence-electron chi connectivity index (χ4n) is 1.37. The normalized spacial score (nSPS) is 10.5. The van der Waals surface area contributed by atoms with E-state index in [1.807, 2.05) is 0 Å². The van der Waals surface area contributed by atoms with Crippen molar-refractivity contribution in [2.24, 2.45) is 5.73 Å². The Labute approximate surface area is 86.5 Å². The molecule has 0 aliphatic heterocycles. The molecule has 1 rings (SSSR count). The summed E-state index contributed by atoms with van der Waals surface area (Å²) in [5.41, 5.74) is 9.49. The molecule has 14 heavy (non-hydrogen) atoms. The maximum Gasteiger partial charge on any atom is 0.0205 e. The van der Waals surface area contributed by atoms with E-state index in [1.54, 1.807) is 0 Å². The summed E-state index contributed by atoms with van der Waals surface area (Å²) in [6.07, 6.45) is 1.05. The first-order chi connectivity index (χ1) is 6.74. The average molecular weight is 192 g/mol. The largest absolute Gasteiger partial charge is 0.330 e. The first-order valence-corrected chi connectivity index (χ1v) is 5.21. The first kappa shape index (κ1) is 11.2. The lowest BCUT2D eigenvalue weighted by Gasteiger charge is -2.06. The molecule has 1 aromatic carbocycles. The van der Waals surface area contributed by atoms with E-state index in [4.69, 9.17) is 5.73 Å². The minimum absolute atomic E-state index is 0.764. The van der Waals surface area contributed by atoms with Crippen LogP contribution in [-0.4, -0.2) is 13.1 Å². The van der Waals surface area contributed by atoms with Crippen LogP contribution in [0.25, 0.3) is 0 Å². The van der Waals surface area contributed by atoms with Crippen molar-refractivity contribution >= 4 is 0 Å². The van der Waals surface area contributed by atoms with Gasteiger partial charge in [0.2, 0.25) is 0 Å². The van der Waals surface area contributed by atoms with Gasteiger partial charge in [-0.15, -0.1) is 0 Å². The molecule has 0 saturated carbocycles.